The van der Waals surface area contributed by atoms with E-state index in [0.717, 1.165) is 53.9 Å². The summed E-state index contributed by atoms with van der Waals surface area (Å²) in [4.78, 5) is 20.3. The summed E-state index contributed by atoms with van der Waals surface area (Å²) >= 11 is 1.42. The third-order valence-corrected chi connectivity index (χ3v) is 5.71. The van der Waals surface area contributed by atoms with Gasteiger partial charge in [0.25, 0.3) is 5.91 Å². The van der Waals surface area contributed by atoms with Gasteiger partial charge in [0.15, 0.2) is 0 Å². The van der Waals surface area contributed by atoms with Crippen LogP contribution in [0.15, 0.2) is 54.6 Å². The van der Waals surface area contributed by atoms with Crippen molar-refractivity contribution in [2.24, 2.45) is 0 Å². The van der Waals surface area contributed by atoms with E-state index in [1.165, 1.54) is 11.3 Å². The number of anilines is 2. The van der Waals surface area contributed by atoms with Crippen LogP contribution in [-0.4, -0.2) is 37.2 Å². The number of carbonyl (C=O) groups excluding carboxylic acids is 1. The standard InChI is InChI=1S/C21H21N3O2S/c1-15-19(27-21(22-15)16-6-3-2-4-7-16)20(25)23-17-8-5-9-18(14-17)24-10-12-26-13-11-24/h2-9,14H,10-13H2,1H3,(H,23,25). The van der Waals surface area contributed by atoms with Gasteiger partial charge < -0.3 is 15.0 Å². The second-order valence-electron chi connectivity index (χ2n) is 6.40. The third kappa shape index (κ3) is 4.02. The molecule has 0 radical (unpaired) electrons. The average molecular weight is 379 g/mol. The van der Waals surface area contributed by atoms with Crippen molar-refractivity contribution in [3.05, 3.63) is 65.2 Å². The second-order valence-corrected chi connectivity index (χ2v) is 7.40. The minimum Gasteiger partial charge on any atom is -0.378 e. The number of morpholine rings is 1. The van der Waals surface area contributed by atoms with Crippen LogP contribution in [0, 0.1) is 6.92 Å². The van der Waals surface area contributed by atoms with Crippen molar-refractivity contribution in [2.75, 3.05) is 36.5 Å². The quantitative estimate of drug-likeness (QED) is 0.738. The molecule has 1 amide bonds. The van der Waals surface area contributed by atoms with E-state index in [2.05, 4.69) is 21.3 Å². The van der Waals surface area contributed by atoms with Crippen molar-refractivity contribution >= 4 is 28.6 Å². The molecule has 27 heavy (non-hydrogen) atoms. The Morgan fingerprint density at radius 1 is 1.11 bits per heavy atom. The SMILES string of the molecule is Cc1nc(-c2ccccc2)sc1C(=O)Nc1cccc(N2CCOCC2)c1. The van der Waals surface area contributed by atoms with Gasteiger partial charge in [0, 0.05) is 30.0 Å². The highest BCUT2D eigenvalue weighted by Crippen LogP contribution is 2.29. The van der Waals surface area contributed by atoms with Crippen molar-refractivity contribution in [1.29, 1.82) is 0 Å². The molecule has 0 saturated carbocycles. The number of hydrogen-bond donors (Lipinski definition) is 1. The minimum absolute atomic E-state index is 0.119. The number of hydrogen-bond acceptors (Lipinski definition) is 5. The summed E-state index contributed by atoms with van der Waals surface area (Å²) in [5.41, 5.74) is 3.67. The van der Waals surface area contributed by atoms with Crippen molar-refractivity contribution in [2.45, 2.75) is 6.92 Å². The van der Waals surface area contributed by atoms with Crippen molar-refractivity contribution in [3.63, 3.8) is 0 Å². The Balaban J connectivity index is 1.52. The number of aromatic nitrogens is 1. The number of carbonyl (C=O) groups is 1. The van der Waals surface area contributed by atoms with E-state index in [1.807, 2.05) is 55.5 Å². The first kappa shape index (κ1) is 17.7. The van der Waals surface area contributed by atoms with E-state index in [1.54, 1.807) is 0 Å². The molecular formula is C21H21N3O2S. The van der Waals surface area contributed by atoms with Gasteiger partial charge in [-0.1, -0.05) is 36.4 Å². The molecule has 0 unspecified atom stereocenters. The van der Waals surface area contributed by atoms with Crippen LogP contribution < -0.4 is 10.2 Å². The Morgan fingerprint density at radius 2 is 1.89 bits per heavy atom. The Hall–Kier alpha value is -2.70. The number of nitrogens with zero attached hydrogens (tertiary/aromatic N) is 2. The zero-order valence-electron chi connectivity index (χ0n) is 15.1. The average Bonchev–Trinajstić information content (AvgIpc) is 3.11. The Labute approximate surface area is 162 Å². The maximum absolute atomic E-state index is 12.8. The number of amides is 1. The molecule has 1 aliphatic rings. The van der Waals surface area contributed by atoms with Gasteiger partial charge in [0.05, 0.1) is 18.9 Å². The molecule has 1 aromatic heterocycles. The lowest BCUT2D eigenvalue weighted by atomic mass is 10.2. The largest absolute Gasteiger partial charge is 0.378 e. The third-order valence-electron chi connectivity index (χ3n) is 4.50. The van der Waals surface area contributed by atoms with Gasteiger partial charge in [0.1, 0.15) is 9.88 Å². The van der Waals surface area contributed by atoms with Gasteiger partial charge in [-0.15, -0.1) is 11.3 Å². The lowest BCUT2D eigenvalue weighted by molar-refractivity contribution is 0.102. The summed E-state index contributed by atoms with van der Waals surface area (Å²) in [6, 6.07) is 17.9. The summed E-state index contributed by atoms with van der Waals surface area (Å²) in [5, 5.41) is 3.88. The Bertz CT molecular complexity index is 934. The Kier molecular flexibility index (Phi) is 5.18. The minimum atomic E-state index is -0.119. The van der Waals surface area contributed by atoms with Crippen LogP contribution in [0.25, 0.3) is 10.6 Å². The number of benzene rings is 2. The first-order chi connectivity index (χ1) is 13.2. The molecule has 6 heteroatoms. The highest BCUT2D eigenvalue weighted by molar-refractivity contribution is 7.17. The molecule has 0 bridgehead atoms. The maximum atomic E-state index is 12.8. The highest BCUT2D eigenvalue weighted by atomic mass is 32.1. The first-order valence-corrected chi connectivity index (χ1v) is 9.79. The molecule has 3 aromatic rings. The molecule has 1 aliphatic heterocycles. The molecule has 138 valence electrons. The highest BCUT2D eigenvalue weighted by Gasteiger charge is 2.17. The van der Waals surface area contributed by atoms with E-state index >= 15 is 0 Å². The molecule has 2 heterocycles. The van der Waals surface area contributed by atoms with Gasteiger partial charge >= 0.3 is 0 Å². The number of ether oxygens (including phenoxy) is 1. The van der Waals surface area contributed by atoms with E-state index in [4.69, 9.17) is 4.74 Å². The molecular weight excluding hydrogens is 358 g/mol. The lowest BCUT2D eigenvalue weighted by Crippen LogP contribution is -2.36. The first-order valence-electron chi connectivity index (χ1n) is 8.98. The van der Waals surface area contributed by atoms with Crippen LogP contribution in [0.4, 0.5) is 11.4 Å². The van der Waals surface area contributed by atoms with Gasteiger partial charge in [-0.2, -0.15) is 0 Å². The second kappa shape index (κ2) is 7.90. The van der Waals surface area contributed by atoms with Crippen LogP contribution in [0.1, 0.15) is 15.4 Å². The van der Waals surface area contributed by atoms with E-state index in [-0.39, 0.29) is 5.91 Å². The van der Waals surface area contributed by atoms with Crippen molar-refractivity contribution in [3.8, 4) is 10.6 Å². The fourth-order valence-corrected chi connectivity index (χ4v) is 4.07. The molecule has 0 atom stereocenters. The fourth-order valence-electron chi connectivity index (χ4n) is 3.10. The molecule has 1 fully saturated rings. The number of aryl methyl sites for hydroxylation is 1. The summed E-state index contributed by atoms with van der Waals surface area (Å²) in [7, 11) is 0. The zero-order valence-corrected chi connectivity index (χ0v) is 16.0. The van der Waals surface area contributed by atoms with Gasteiger partial charge in [-0.05, 0) is 25.1 Å². The van der Waals surface area contributed by atoms with E-state index < -0.39 is 0 Å². The van der Waals surface area contributed by atoms with Crippen LogP contribution in [0.2, 0.25) is 0 Å². The number of rotatable bonds is 4. The number of thiazole rings is 1. The predicted octanol–water partition coefficient (Wildman–Crippen LogP) is 4.21. The Morgan fingerprint density at radius 3 is 2.67 bits per heavy atom. The molecule has 1 N–H and O–H groups in total. The fraction of sp³-hybridized carbons (Fsp3) is 0.238. The van der Waals surface area contributed by atoms with Gasteiger partial charge in [0.2, 0.25) is 0 Å². The normalized spacial score (nSPS) is 14.2. The summed E-state index contributed by atoms with van der Waals surface area (Å²) in [6.45, 7) is 5.08. The molecule has 5 nitrogen and oxygen atoms in total. The molecule has 4 rings (SSSR count). The summed E-state index contributed by atoms with van der Waals surface area (Å²) in [6.07, 6.45) is 0. The van der Waals surface area contributed by atoms with E-state index in [0.29, 0.717) is 4.88 Å². The molecule has 0 spiro atoms. The van der Waals surface area contributed by atoms with Crippen molar-refractivity contribution in [1.82, 2.24) is 4.98 Å². The summed E-state index contributed by atoms with van der Waals surface area (Å²) in [5.74, 6) is -0.119. The van der Waals surface area contributed by atoms with Crippen LogP contribution >= 0.6 is 11.3 Å². The van der Waals surface area contributed by atoms with Crippen molar-refractivity contribution < 1.29 is 9.53 Å². The zero-order chi connectivity index (χ0) is 18.6. The molecule has 0 aliphatic carbocycles. The van der Waals surface area contributed by atoms with Crippen LogP contribution in [0.5, 0.6) is 0 Å². The molecule has 2 aromatic carbocycles. The molecule has 1 saturated heterocycles. The lowest BCUT2D eigenvalue weighted by Gasteiger charge is -2.29. The number of nitrogens with one attached hydrogen (secondary N) is 1. The predicted molar refractivity (Wildman–Crippen MR) is 110 cm³/mol. The van der Waals surface area contributed by atoms with Crippen LogP contribution in [-0.2, 0) is 4.74 Å². The van der Waals surface area contributed by atoms with Crippen LogP contribution in [0.3, 0.4) is 0 Å². The van der Waals surface area contributed by atoms with Gasteiger partial charge in [-0.25, -0.2) is 4.98 Å². The topological polar surface area (TPSA) is 54.5 Å². The smallest absolute Gasteiger partial charge is 0.267 e. The van der Waals surface area contributed by atoms with E-state index in [9.17, 15) is 4.79 Å². The summed E-state index contributed by atoms with van der Waals surface area (Å²) < 4.78 is 5.41. The monoisotopic (exact) mass is 379 g/mol. The van der Waals surface area contributed by atoms with Gasteiger partial charge in [-0.3, -0.25) is 4.79 Å². The maximum Gasteiger partial charge on any atom is 0.267 e.